The highest BCUT2D eigenvalue weighted by Crippen LogP contribution is 2.33. The van der Waals surface area contributed by atoms with Gasteiger partial charge in [0.2, 0.25) is 0 Å². The third kappa shape index (κ3) is 5.28. The summed E-state index contributed by atoms with van der Waals surface area (Å²) >= 11 is 1.89. The SMILES string of the molecule is CN=C(NCC(C)N1CCc2sccc2C1)N1CCc2cc(OC)c(OC)cc2C1.I. The molecule has 8 heteroatoms. The third-order valence-corrected chi connectivity index (χ3v) is 7.27. The third-order valence-electron chi connectivity index (χ3n) is 6.25. The molecule has 170 valence electrons. The molecule has 1 aromatic carbocycles. The smallest absolute Gasteiger partial charge is 0.194 e. The predicted octanol–water partition coefficient (Wildman–Crippen LogP) is 3.76. The Morgan fingerprint density at radius 1 is 1.10 bits per heavy atom. The number of hydrogen-bond donors (Lipinski definition) is 1. The van der Waals surface area contributed by atoms with Crippen LogP contribution in [0.5, 0.6) is 11.5 Å². The Kier molecular flexibility index (Phi) is 8.46. The van der Waals surface area contributed by atoms with E-state index in [1.54, 1.807) is 19.1 Å². The van der Waals surface area contributed by atoms with E-state index in [0.29, 0.717) is 6.04 Å². The molecule has 0 saturated heterocycles. The van der Waals surface area contributed by atoms with E-state index in [4.69, 9.17) is 9.47 Å². The second-order valence-electron chi connectivity index (χ2n) is 8.01. The van der Waals surface area contributed by atoms with E-state index < -0.39 is 0 Å². The summed E-state index contributed by atoms with van der Waals surface area (Å²) in [5, 5.41) is 5.84. The largest absolute Gasteiger partial charge is 0.493 e. The molecule has 0 saturated carbocycles. The molecule has 4 rings (SSSR count). The lowest BCUT2D eigenvalue weighted by Gasteiger charge is -2.35. The Morgan fingerprint density at radius 2 is 1.84 bits per heavy atom. The Balaban J connectivity index is 0.00000272. The van der Waals surface area contributed by atoms with Crippen LogP contribution in [0.3, 0.4) is 0 Å². The van der Waals surface area contributed by atoms with Crippen molar-refractivity contribution in [2.24, 2.45) is 4.99 Å². The average Bonchev–Trinajstić information content (AvgIpc) is 3.26. The van der Waals surface area contributed by atoms with Gasteiger partial charge >= 0.3 is 0 Å². The first kappa shape index (κ1) is 24.1. The van der Waals surface area contributed by atoms with Crippen LogP contribution in [0.4, 0.5) is 0 Å². The van der Waals surface area contributed by atoms with Crippen molar-refractivity contribution in [1.82, 2.24) is 15.1 Å². The number of thiophene rings is 1. The van der Waals surface area contributed by atoms with E-state index in [0.717, 1.165) is 56.6 Å². The first-order valence-electron chi connectivity index (χ1n) is 10.6. The molecule has 1 unspecified atom stereocenters. The molecular formula is C23H33IN4O2S. The van der Waals surface area contributed by atoms with Crippen molar-refractivity contribution in [3.63, 3.8) is 0 Å². The van der Waals surface area contributed by atoms with Gasteiger partial charge in [0.15, 0.2) is 17.5 Å². The van der Waals surface area contributed by atoms with Crippen LogP contribution >= 0.6 is 35.3 Å². The normalized spacial score (nSPS) is 17.3. The number of hydrogen-bond acceptors (Lipinski definition) is 5. The first-order chi connectivity index (χ1) is 14.6. The number of nitrogens with one attached hydrogen (secondary N) is 1. The van der Waals surface area contributed by atoms with Gasteiger partial charge in [-0.25, -0.2) is 0 Å². The Morgan fingerprint density at radius 3 is 2.55 bits per heavy atom. The van der Waals surface area contributed by atoms with Gasteiger partial charge in [-0.1, -0.05) is 0 Å². The zero-order chi connectivity index (χ0) is 21.1. The van der Waals surface area contributed by atoms with Gasteiger partial charge in [0.25, 0.3) is 0 Å². The summed E-state index contributed by atoms with van der Waals surface area (Å²) in [6.45, 7) is 7.15. The molecule has 3 heterocycles. The average molecular weight is 557 g/mol. The van der Waals surface area contributed by atoms with Gasteiger partial charge in [0, 0.05) is 50.7 Å². The van der Waals surface area contributed by atoms with E-state index >= 15 is 0 Å². The van der Waals surface area contributed by atoms with Gasteiger partial charge < -0.3 is 19.7 Å². The maximum absolute atomic E-state index is 5.50. The standard InChI is InChI=1S/C23H32N4O2S.HI/c1-16(26-9-6-22-18(14-26)7-10-30-22)13-25-23(24-2)27-8-5-17-11-20(28-3)21(29-4)12-19(17)15-27;/h7,10-12,16H,5-6,8-9,13-15H2,1-4H3,(H,24,25);1H. The quantitative estimate of drug-likeness (QED) is 0.346. The summed E-state index contributed by atoms with van der Waals surface area (Å²) in [4.78, 5) is 11.0. The highest BCUT2D eigenvalue weighted by Gasteiger charge is 2.24. The second kappa shape index (κ2) is 10.9. The highest BCUT2D eigenvalue weighted by molar-refractivity contribution is 14.0. The topological polar surface area (TPSA) is 49.3 Å². The summed E-state index contributed by atoms with van der Waals surface area (Å²) in [5.74, 6) is 2.56. The monoisotopic (exact) mass is 556 g/mol. The summed E-state index contributed by atoms with van der Waals surface area (Å²) in [7, 11) is 5.25. The van der Waals surface area contributed by atoms with Gasteiger partial charge in [-0.15, -0.1) is 35.3 Å². The zero-order valence-electron chi connectivity index (χ0n) is 18.8. The lowest BCUT2D eigenvalue weighted by Crippen LogP contribution is -2.49. The van der Waals surface area contributed by atoms with E-state index in [1.807, 2.05) is 18.4 Å². The van der Waals surface area contributed by atoms with E-state index in [2.05, 4.69) is 50.6 Å². The van der Waals surface area contributed by atoms with Crippen LogP contribution in [-0.2, 0) is 25.9 Å². The zero-order valence-corrected chi connectivity index (χ0v) is 22.0. The molecule has 2 aromatic rings. The number of fused-ring (bicyclic) bond motifs is 2. The molecule has 31 heavy (non-hydrogen) atoms. The molecular weight excluding hydrogens is 523 g/mol. The van der Waals surface area contributed by atoms with Crippen LogP contribution in [-0.4, -0.2) is 62.7 Å². The second-order valence-corrected chi connectivity index (χ2v) is 9.01. The number of nitrogens with zero attached hydrogens (tertiary/aromatic N) is 3. The Bertz CT molecular complexity index is 917. The summed E-state index contributed by atoms with van der Waals surface area (Å²) in [5.41, 5.74) is 4.10. The number of ether oxygens (including phenoxy) is 2. The van der Waals surface area contributed by atoms with Crippen molar-refractivity contribution in [1.29, 1.82) is 0 Å². The number of methoxy groups -OCH3 is 2. The maximum atomic E-state index is 5.50. The lowest BCUT2D eigenvalue weighted by atomic mass is 9.99. The molecule has 1 N–H and O–H groups in total. The Labute approximate surface area is 206 Å². The van der Waals surface area contributed by atoms with Crippen molar-refractivity contribution in [3.8, 4) is 11.5 Å². The van der Waals surface area contributed by atoms with Crippen molar-refractivity contribution >= 4 is 41.3 Å². The van der Waals surface area contributed by atoms with E-state index in [9.17, 15) is 0 Å². The summed E-state index contributed by atoms with van der Waals surface area (Å²) in [6, 6.07) is 6.94. The van der Waals surface area contributed by atoms with Crippen LogP contribution < -0.4 is 14.8 Å². The summed E-state index contributed by atoms with van der Waals surface area (Å²) < 4.78 is 11.0. The molecule has 2 aliphatic heterocycles. The van der Waals surface area contributed by atoms with Gasteiger partial charge in [0.1, 0.15) is 0 Å². The van der Waals surface area contributed by atoms with Crippen LogP contribution in [0, 0.1) is 0 Å². The fourth-order valence-corrected chi connectivity index (χ4v) is 5.30. The molecule has 2 aliphatic rings. The number of halogens is 1. The minimum Gasteiger partial charge on any atom is -0.493 e. The van der Waals surface area contributed by atoms with Crippen LogP contribution in [0.1, 0.15) is 28.5 Å². The van der Waals surface area contributed by atoms with E-state index in [-0.39, 0.29) is 24.0 Å². The first-order valence-corrected chi connectivity index (χ1v) is 11.5. The lowest BCUT2D eigenvalue weighted by molar-refractivity contribution is 0.191. The predicted molar refractivity (Wildman–Crippen MR) is 138 cm³/mol. The van der Waals surface area contributed by atoms with Crippen molar-refractivity contribution < 1.29 is 9.47 Å². The van der Waals surface area contributed by atoms with Gasteiger partial charge in [-0.05, 0) is 60.0 Å². The number of guanidine groups is 1. The molecule has 1 aromatic heterocycles. The highest BCUT2D eigenvalue weighted by atomic mass is 127. The molecule has 0 amide bonds. The molecule has 0 aliphatic carbocycles. The molecule has 0 radical (unpaired) electrons. The van der Waals surface area contributed by atoms with Gasteiger partial charge in [-0.2, -0.15) is 0 Å². The number of aliphatic imine (C=N–C) groups is 1. The molecule has 6 nitrogen and oxygen atoms in total. The fourth-order valence-electron chi connectivity index (χ4n) is 4.41. The fraction of sp³-hybridized carbons (Fsp3) is 0.522. The number of rotatable bonds is 5. The van der Waals surface area contributed by atoms with Crippen molar-refractivity contribution in [2.75, 3.05) is 40.9 Å². The molecule has 1 atom stereocenters. The van der Waals surface area contributed by atoms with Crippen LogP contribution in [0.25, 0.3) is 0 Å². The Hall–Kier alpha value is -1.52. The van der Waals surface area contributed by atoms with Gasteiger partial charge in [-0.3, -0.25) is 9.89 Å². The van der Waals surface area contributed by atoms with Crippen LogP contribution in [0.15, 0.2) is 28.6 Å². The molecule has 0 bridgehead atoms. The maximum Gasteiger partial charge on any atom is 0.194 e. The molecule has 0 spiro atoms. The minimum absolute atomic E-state index is 0. The van der Waals surface area contributed by atoms with Gasteiger partial charge in [0.05, 0.1) is 14.2 Å². The van der Waals surface area contributed by atoms with Crippen molar-refractivity contribution in [3.05, 3.63) is 45.1 Å². The molecule has 0 fully saturated rings. The summed E-state index contributed by atoms with van der Waals surface area (Å²) in [6.07, 6.45) is 2.14. The van der Waals surface area contributed by atoms with Crippen LogP contribution in [0.2, 0.25) is 0 Å². The van der Waals surface area contributed by atoms with Crippen molar-refractivity contribution in [2.45, 2.75) is 38.9 Å². The minimum atomic E-state index is 0. The van der Waals surface area contributed by atoms with E-state index in [1.165, 1.54) is 23.1 Å². The number of benzene rings is 1.